The monoisotopic (exact) mass is 280 g/mol. The first kappa shape index (κ1) is 15.3. The van der Waals surface area contributed by atoms with Crippen LogP contribution in [0.3, 0.4) is 0 Å². The predicted octanol–water partition coefficient (Wildman–Crippen LogP) is 2.33. The van der Waals surface area contributed by atoms with E-state index in [1.807, 2.05) is 32.6 Å². The Morgan fingerprint density at radius 2 is 1.90 bits per heavy atom. The van der Waals surface area contributed by atoms with Gasteiger partial charge in [0.2, 0.25) is 11.8 Å². The molecule has 2 atom stereocenters. The summed E-state index contributed by atoms with van der Waals surface area (Å²) in [6.45, 7) is 8.93. The van der Waals surface area contributed by atoms with E-state index in [1.54, 1.807) is 0 Å². The highest BCUT2D eigenvalue weighted by atomic mass is 16.2. The smallest absolute Gasteiger partial charge is 0.245 e. The second-order valence-electron chi connectivity index (χ2n) is 7.41. The minimum Gasteiger partial charge on any atom is -0.342 e. The van der Waals surface area contributed by atoms with Gasteiger partial charge in [-0.3, -0.25) is 9.59 Å². The number of rotatable bonds is 4. The third-order valence-corrected chi connectivity index (χ3v) is 4.53. The third kappa shape index (κ3) is 2.99. The van der Waals surface area contributed by atoms with Crippen molar-refractivity contribution < 1.29 is 9.59 Å². The van der Waals surface area contributed by atoms with Gasteiger partial charge in [0.15, 0.2) is 0 Å². The van der Waals surface area contributed by atoms with Crippen LogP contribution in [-0.2, 0) is 9.59 Å². The maximum Gasteiger partial charge on any atom is 0.245 e. The molecule has 4 heteroatoms. The minimum atomic E-state index is -0.330. The maximum atomic E-state index is 12.7. The van der Waals surface area contributed by atoms with E-state index in [-0.39, 0.29) is 29.3 Å². The molecular formula is C16H28N2O2. The Labute approximate surface area is 122 Å². The van der Waals surface area contributed by atoms with Gasteiger partial charge in [-0.15, -0.1) is 0 Å². The Morgan fingerprint density at radius 3 is 2.35 bits per heavy atom. The molecule has 2 fully saturated rings. The van der Waals surface area contributed by atoms with Crippen LogP contribution in [0.4, 0.5) is 0 Å². The molecule has 0 radical (unpaired) electrons. The van der Waals surface area contributed by atoms with Gasteiger partial charge < -0.3 is 10.2 Å². The van der Waals surface area contributed by atoms with Gasteiger partial charge in [-0.25, -0.2) is 0 Å². The molecule has 0 aromatic carbocycles. The standard InChI is InChI=1S/C16H28N2O2/c1-5-7-12-15(20)18(10-11-8-6-9-11)13(14(19)17-12)16(2,3)4/h11-13H,5-10H2,1-4H3,(H,17,19). The molecule has 0 aromatic heterocycles. The second-order valence-corrected chi connectivity index (χ2v) is 7.41. The second kappa shape index (κ2) is 5.74. The van der Waals surface area contributed by atoms with Gasteiger partial charge in [-0.05, 0) is 30.6 Å². The maximum absolute atomic E-state index is 12.7. The Bertz CT molecular complexity index is 382. The minimum absolute atomic E-state index is 0.0230. The number of carbonyl (C=O) groups excluding carboxylic acids is 2. The molecule has 0 aromatic rings. The van der Waals surface area contributed by atoms with Crippen LogP contribution in [0, 0.1) is 11.3 Å². The van der Waals surface area contributed by atoms with Crippen molar-refractivity contribution in [3.63, 3.8) is 0 Å². The quantitative estimate of drug-likeness (QED) is 0.859. The van der Waals surface area contributed by atoms with Crippen LogP contribution in [0.25, 0.3) is 0 Å². The lowest BCUT2D eigenvalue weighted by Crippen LogP contribution is -2.67. The Hall–Kier alpha value is -1.06. The summed E-state index contributed by atoms with van der Waals surface area (Å²) in [6.07, 6.45) is 5.30. The number of carbonyl (C=O) groups is 2. The number of nitrogens with zero attached hydrogens (tertiary/aromatic N) is 1. The van der Waals surface area contributed by atoms with Gasteiger partial charge in [-0.1, -0.05) is 40.5 Å². The molecule has 0 spiro atoms. The van der Waals surface area contributed by atoms with E-state index in [4.69, 9.17) is 0 Å². The molecular weight excluding hydrogens is 252 g/mol. The van der Waals surface area contributed by atoms with E-state index in [1.165, 1.54) is 19.3 Å². The summed E-state index contributed by atoms with van der Waals surface area (Å²) in [7, 11) is 0. The van der Waals surface area contributed by atoms with E-state index in [9.17, 15) is 9.59 Å². The lowest BCUT2D eigenvalue weighted by atomic mass is 9.80. The number of hydrogen-bond acceptors (Lipinski definition) is 2. The third-order valence-electron chi connectivity index (χ3n) is 4.53. The molecule has 2 aliphatic rings. The number of hydrogen-bond donors (Lipinski definition) is 1. The van der Waals surface area contributed by atoms with Crippen molar-refractivity contribution in [3.8, 4) is 0 Å². The van der Waals surface area contributed by atoms with Gasteiger partial charge in [0.1, 0.15) is 12.1 Å². The first-order valence-electron chi connectivity index (χ1n) is 7.95. The fourth-order valence-electron chi connectivity index (χ4n) is 3.28. The van der Waals surface area contributed by atoms with Crippen LogP contribution < -0.4 is 5.32 Å². The average molecular weight is 280 g/mol. The molecule has 0 bridgehead atoms. The molecule has 20 heavy (non-hydrogen) atoms. The lowest BCUT2D eigenvalue weighted by Gasteiger charge is -2.47. The van der Waals surface area contributed by atoms with Crippen LogP contribution in [0.15, 0.2) is 0 Å². The summed E-state index contributed by atoms with van der Waals surface area (Å²) in [4.78, 5) is 27.0. The molecule has 2 unspecified atom stereocenters. The van der Waals surface area contributed by atoms with Crippen molar-refractivity contribution in [1.82, 2.24) is 10.2 Å². The zero-order valence-electron chi connectivity index (χ0n) is 13.2. The van der Waals surface area contributed by atoms with E-state index < -0.39 is 0 Å². The normalized spacial score (nSPS) is 28.3. The Morgan fingerprint density at radius 1 is 1.25 bits per heavy atom. The predicted molar refractivity (Wildman–Crippen MR) is 79.1 cm³/mol. The van der Waals surface area contributed by atoms with Gasteiger partial charge in [0.05, 0.1) is 0 Å². The molecule has 2 rings (SSSR count). The van der Waals surface area contributed by atoms with E-state index in [2.05, 4.69) is 5.32 Å². The summed E-state index contributed by atoms with van der Waals surface area (Å²) in [5, 5.41) is 2.93. The summed E-state index contributed by atoms with van der Waals surface area (Å²) in [6, 6.07) is -0.644. The van der Waals surface area contributed by atoms with Crippen LogP contribution >= 0.6 is 0 Å². The Balaban J connectivity index is 2.20. The largest absolute Gasteiger partial charge is 0.342 e. The van der Waals surface area contributed by atoms with E-state index >= 15 is 0 Å². The SMILES string of the molecule is CCCC1NC(=O)C(C(C)(C)C)N(CC2CCC2)C1=O. The van der Waals surface area contributed by atoms with Crippen LogP contribution in [-0.4, -0.2) is 35.3 Å². The summed E-state index contributed by atoms with van der Waals surface area (Å²) in [5.41, 5.74) is -0.222. The number of amides is 2. The molecule has 4 nitrogen and oxygen atoms in total. The summed E-state index contributed by atoms with van der Waals surface area (Å²) >= 11 is 0. The van der Waals surface area contributed by atoms with Crippen LogP contribution in [0.5, 0.6) is 0 Å². The highest BCUT2D eigenvalue weighted by Gasteiger charge is 2.46. The van der Waals surface area contributed by atoms with Gasteiger partial charge >= 0.3 is 0 Å². The number of piperazine rings is 1. The lowest BCUT2D eigenvalue weighted by molar-refractivity contribution is -0.155. The molecule has 2 amide bonds. The van der Waals surface area contributed by atoms with Crippen LogP contribution in [0.2, 0.25) is 0 Å². The highest BCUT2D eigenvalue weighted by molar-refractivity contribution is 5.97. The molecule has 1 saturated carbocycles. The van der Waals surface area contributed by atoms with Crippen molar-refractivity contribution in [1.29, 1.82) is 0 Å². The van der Waals surface area contributed by atoms with Gasteiger partial charge in [0, 0.05) is 6.54 Å². The average Bonchev–Trinajstić information content (AvgIpc) is 2.27. The Kier molecular flexibility index (Phi) is 4.40. The van der Waals surface area contributed by atoms with Crippen molar-refractivity contribution >= 4 is 11.8 Å². The topological polar surface area (TPSA) is 49.4 Å². The van der Waals surface area contributed by atoms with Crippen LogP contribution in [0.1, 0.15) is 59.8 Å². The van der Waals surface area contributed by atoms with Crippen molar-refractivity contribution in [2.75, 3.05) is 6.54 Å². The summed E-state index contributed by atoms with van der Waals surface area (Å²) in [5.74, 6) is 0.741. The fraction of sp³-hybridized carbons (Fsp3) is 0.875. The first-order valence-corrected chi connectivity index (χ1v) is 7.95. The fourth-order valence-corrected chi connectivity index (χ4v) is 3.28. The molecule has 1 aliphatic heterocycles. The van der Waals surface area contributed by atoms with E-state index in [0.717, 1.165) is 19.4 Å². The zero-order valence-corrected chi connectivity index (χ0v) is 13.2. The molecule has 114 valence electrons. The number of nitrogens with one attached hydrogen (secondary N) is 1. The zero-order chi connectivity index (χ0) is 14.9. The van der Waals surface area contributed by atoms with Gasteiger partial charge in [0.25, 0.3) is 0 Å². The molecule has 1 N–H and O–H groups in total. The summed E-state index contributed by atoms with van der Waals surface area (Å²) < 4.78 is 0. The molecule has 1 heterocycles. The van der Waals surface area contributed by atoms with Gasteiger partial charge in [-0.2, -0.15) is 0 Å². The highest BCUT2D eigenvalue weighted by Crippen LogP contribution is 2.33. The van der Waals surface area contributed by atoms with E-state index in [0.29, 0.717) is 5.92 Å². The van der Waals surface area contributed by atoms with Crippen molar-refractivity contribution in [3.05, 3.63) is 0 Å². The molecule has 1 saturated heterocycles. The van der Waals surface area contributed by atoms with Crippen molar-refractivity contribution in [2.24, 2.45) is 11.3 Å². The van der Waals surface area contributed by atoms with Crippen molar-refractivity contribution in [2.45, 2.75) is 71.9 Å². The first-order chi connectivity index (χ1) is 9.34. The molecule has 1 aliphatic carbocycles.